The maximum atomic E-state index is 12.1. The standard InChI is InChI=1S/C24H27Cl2N5O/c25-20-7-5-9-22(23(20)26)31-14-12-30(13-15-31)11-4-3-10-27-24(32)29-19-16-18-6-1-2-8-21(18)28-17-19/h1-2,5-9,16-17H,3-4,10-15H2,(H2,27,29,32). The van der Waals surface area contributed by atoms with Gasteiger partial charge in [0.25, 0.3) is 0 Å². The van der Waals surface area contributed by atoms with Gasteiger partial charge in [-0.15, -0.1) is 0 Å². The molecule has 0 atom stereocenters. The van der Waals surface area contributed by atoms with Crippen molar-refractivity contribution < 1.29 is 4.79 Å². The molecule has 4 rings (SSSR count). The number of carbonyl (C=O) groups excluding carboxylic acids is 1. The number of fused-ring (bicyclic) bond motifs is 1. The van der Waals surface area contributed by atoms with Crippen LogP contribution >= 0.6 is 23.2 Å². The zero-order valence-corrected chi connectivity index (χ0v) is 19.4. The van der Waals surface area contributed by atoms with Crippen LogP contribution in [0.25, 0.3) is 10.9 Å². The molecule has 2 heterocycles. The number of hydrogen-bond donors (Lipinski definition) is 2. The number of aromatic nitrogens is 1. The number of anilines is 2. The Morgan fingerprint density at radius 1 is 1.00 bits per heavy atom. The summed E-state index contributed by atoms with van der Waals surface area (Å²) in [5.41, 5.74) is 2.62. The normalized spacial score (nSPS) is 14.5. The van der Waals surface area contributed by atoms with Gasteiger partial charge in [0.05, 0.1) is 33.1 Å². The monoisotopic (exact) mass is 471 g/mol. The summed E-state index contributed by atoms with van der Waals surface area (Å²) in [5, 5.41) is 8.01. The number of pyridine rings is 1. The van der Waals surface area contributed by atoms with E-state index >= 15 is 0 Å². The minimum atomic E-state index is -0.200. The molecule has 1 aromatic heterocycles. The van der Waals surface area contributed by atoms with Crippen LogP contribution in [0.3, 0.4) is 0 Å². The van der Waals surface area contributed by atoms with Crippen LogP contribution < -0.4 is 15.5 Å². The average molecular weight is 472 g/mol. The molecular formula is C24H27Cl2N5O. The third kappa shape index (κ3) is 5.82. The molecule has 3 aromatic rings. The van der Waals surface area contributed by atoms with E-state index in [0.717, 1.165) is 62.2 Å². The second-order valence-corrected chi connectivity index (χ2v) is 8.69. The van der Waals surface area contributed by atoms with Crippen LogP contribution in [0.5, 0.6) is 0 Å². The number of hydrogen-bond acceptors (Lipinski definition) is 4. The molecule has 1 aliphatic rings. The minimum Gasteiger partial charge on any atom is -0.368 e. The van der Waals surface area contributed by atoms with E-state index in [-0.39, 0.29) is 6.03 Å². The van der Waals surface area contributed by atoms with Crippen molar-refractivity contribution in [2.24, 2.45) is 0 Å². The van der Waals surface area contributed by atoms with Crippen molar-refractivity contribution in [1.29, 1.82) is 0 Å². The molecule has 1 fully saturated rings. The molecule has 6 nitrogen and oxygen atoms in total. The molecule has 0 aliphatic carbocycles. The van der Waals surface area contributed by atoms with Gasteiger partial charge < -0.3 is 15.5 Å². The van der Waals surface area contributed by atoms with E-state index in [1.165, 1.54) is 0 Å². The molecule has 0 radical (unpaired) electrons. The van der Waals surface area contributed by atoms with Crippen molar-refractivity contribution in [2.45, 2.75) is 12.8 Å². The van der Waals surface area contributed by atoms with Crippen LogP contribution in [0.2, 0.25) is 10.0 Å². The Hall–Kier alpha value is -2.54. The van der Waals surface area contributed by atoms with Gasteiger partial charge in [-0.25, -0.2) is 4.79 Å². The Balaban J connectivity index is 1.12. The first kappa shape index (κ1) is 22.6. The van der Waals surface area contributed by atoms with Gasteiger partial charge in [0.1, 0.15) is 0 Å². The SMILES string of the molecule is O=C(NCCCCN1CCN(c2cccc(Cl)c2Cl)CC1)Nc1cnc2ccccc2c1. The highest BCUT2D eigenvalue weighted by atomic mass is 35.5. The average Bonchev–Trinajstić information content (AvgIpc) is 2.81. The van der Waals surface area contributed by atoms with Gasteiger partial charge >= 0.3 is 6.03 Å². The van der Waals surface area contributed by atoms with E-state index in [4.69, 9.17) is 23.2 Å². The summed E-state index contributed by atoms with van der Waals surface area (Å²) >= 11 is 12.5. The second kappa shape index (κ2) is 10.9. The zero-order valence-electron chi connectivity index (χ0n) is 17.9. The largest absolute Gasteiger partial charge is 0.368 e. The highest BCUT2D eigenvalue weighted by Crippen LogP contribution is 2.32. The topological polar surface area (TPSA) is 60.5 Å². The molecule has 2 N–H and O–H groups in total. The Labute approximate surface area is 198 Å². The van der Waals surface area contributed by atoms with E-state index < -0.39 is 0 Å². The van der Waals surface area contributed by atoms with Crippen molar-refractivity contribution in [3.63, 3.8) is 0 Å². The molecule has 8 heteroatoms. The van der Waals surface area contributed by atoms with Crippen LogP contribution in [0.1, 0.15) is 12.8 Å². The number of piperazine rings is 1. The van der Waals surface area contributed by atoms with Gasteiger partial charge in [-0.1, -0.05) is 47.5 Å². The van der Waals surface area contributed by atoms with Gasteiger partial charge in [0.15, 0.2) is 0 Å². The summed E-state index contributed by atoms with van der Waals surface area (Å²) in [6.07, 6.45) is 3.65. The van der Waals surface area contributed by atoms with Gasteiger partial charge in [0, 0.05) is 38.1 Å². The summed E-state index contributed by atoms with van der Waals surface area (Å²) in [5.74, 6) is 0. The van der Waals surface area contributed by atoms with Crippen LogP contribution in [-0.4, -0.2) is 55.2 Å². The molecule has 0 bridgehead atoms. The number of benzene rings is 2. The lowest BCUT2D eigenvalue weighted by molar-refractivity contribution is 0.247. The molecule has 2 aromatic carbocycles. The van der Waals surface area contributed by atoms with E-state index in [0.29, 0.717) is 22.3 Å². The van der Waals surface area contributed by atoms with Crippen LogP contribution in [0.15, 0.2) is 54.7 Å². The number of urea groups is 1. The van der Waals surface area contributed by atoms with Crippen molar-refractivity contribution in [3.8, 4) is 0 Å². The first-order valence-corrected chi connectivity index (χ1v) is 11.7. The number of nitrogens with zero attached hydrogens (tertiary/aromatic N) is 3. The fourth-order valence-electron chi connectivity index (χ4n) is 3.93. The molecule has 2 amide bonds. The van der Waals surface area contributed by atoms with E-state index in [2.05, 4.69) is 25.4 Å². The Morgan fingerprint density at radius 2 is 1.81 bits per heavy atom. The van der Waals surface area contributed by atoms with Crippen molar-refractivity contribution >= 4 is 51.5 Å². The number of rotatable bonds is 7. The smallest absolute Gasteiger partial charge is 0.319 e. The number of para-hydroxylation sites is 1. The van der Waals surface area contributed by atoms with Gasteiger partial charge in [-0.3, -0.25) is 9.88 Å². The number of nitrogens with one attached hydrogen (secondary N) is 2. The maximum absolute atomic E-state index is 12.1. The Kier molecular flexibility index (Phi) is 7.68. The molecule has 0 saturated carbocycles. The van der Waals surface area contributed by atoms with E-state index in [1.807, 2.05) is 48.5 Å². The lowest BCUT2D eigenvalue weighted by atomic mass is 10.2. The van der Waals surface area contributed by atoms with Gasteiger partial charge in [-0.05, 0) is 43.7 Å². The van der Waals surface area contributed by atoms with Crippen molar-refractivity contribution in [3.05, 3.63) is 64.8 Å². The summed E-state index contributed by atoms with van der Waals surface area (Å²) in [6, 6.07) is 15.3. The van der Waals surface area contributed by atoms with E-state index in [1.54, 1.807) is 6.20 Å². The van der Waals surface area contributed by atoms with Crippen molar-refractivity contribution in [2.75, 3.05) is 49.5 Å². The highest BCUT2D eigenvalue weighted by Gasteiger charge is 2.19. The molecule has 32 heavy (non-hydrogen) atoms. The predicted octanol–water partition coefficient (Wildman–Crippen LogP) is 5.27. The molecule has 0 unspecified atom stereocenters. The summed E-state index contributed by atoms with van der Waals surface area (Å²) < 4.78 is 0. The fraction of sp³-hybridized carbons (Fsp3) is 0.333. The van der Waals surface area contributed by atoms with Crippen LogP contribution in [-0.2, 0) is 0 Å². The predicted molar refractivity (Wildman–Crippen MR) is 133 cm³/mol. The number of carbonyl (C=O) groups is 1. The second-order valence-electron chi connectivity index (χ2n) is 7.91. The van der Waals surface area contributed by atoms with Gasteiger partial charge in [0.2, 0.25) is 0 Å². The van der Waals surface area contributed by atoms with Crippen LogP contribution in [0.4, 0.5) is 16.2 Å². The number of amides is 2. The molecule has 0 spiro atoms. The lowest BCUT2D eigenvalue weighted by Crippen LogP contribution is -2.46. The summed E-state index contributed by atoms with van der Waals surface area (Å²) in [6.45, 7) is 5.51. The number of unbranched alkanes of at least 4 members (excludes halogenated alkanes) is 1. The fourth-order valence-corrected chi connectivity index (χ4v) is 4.34. The number of halogens is 2. The molecule has 168 valence electrons. The van der Waals surface area contributed by atoms with E-state index in [9.17, 15) is 4.79 Å². The third-order valence-corrected chi connectivity index (χ3v) is 6.49. The minimum absolute atomic E-state index is 0.200. The van der Waals surface area contributed by atoms with Gasteiger partial charge in [-0.2, -0.15) is 0 Å². The molecule has 1 saturated heterocycles. The zero-order chi connectivity index (χ0) is 22.3. The third-order valence-electron chi connectivity index (χ3n) is 5.68. The summed E-state index contributed by atoms with van der Waals surface area (Å²) in [7, 11) is 0. The quantitative estimate of drug-likeness (QED) is 0.461. The summed E-state index contributed by atoms with van der Waals surface area (Å²) in [4.78, 5) is 21.3. The highest BCUT2D eigenvalue weighted by molar-refractivity contribution is 6.43. The Morgan fingerprint density at radius 3 is 2.66 bits per heavy atom. The first-order chi connectivity index (χ1) is 15.6. The molecular weight excluding hydrogens is 445 g/mol. The van der Waals surface area contributed by atoms with Crippen LogP contribution in [0, 0.1) is 0 Å². The Bertz CT molecular complexity index is 1070. The first-order valence-electron chi connectivity index (χ1n) is 10.9. The molecule has 1 aliphatic heterocycles. The lowest BCUT2D eigenvalue weighted by Gasteiger charge is -2.36. The maximum Gasteiger partial charge on any atom is 0.319 e. The van der Waals surface area contributed by atoms with Crippen molar-refractivity contribution in [1.82, 2.24) is 15.2 Å².